The van der Waals surface area contributed by atoms with Crippen LogP contribution in [0, 0.1) is 0 Å². The highest BCUT2D eigenvalue weighted by molar-refractivity contribution is 6.36. The van der Waals surface area contributed by atoms with Gasteiger partial charge < -0.3 is 0 Å². The molecule has 0 aliphatic rings. The molecule has 0 spiro atoms. The molecule has 3 aromatic rings. The molecule has 108 valence electrons. The average molecular weight is 322 g/mol. The van der Waals surface area contributed by atoms with Gasteiger partial charge in [-0.1, -0.05) is 37.0 Å². The van der Waals surface area contributed by atoms with Crippen LogP contribution in [0.15, 0.2) is 35.3 Å². The summed E-state index contributed by atoms with van der Waals surface area (Å²) in [6.07, 6.45) is 1.81. The summed E-state index contributed by atoms with van der Waals surface area (Å²) in [7, 11) is 0. The Kier molecular flexibility index (Phi) is 3.51. The maximum atomic E-state index is 12.2. The number of nitrogens with one attached hydrogen (secondary N) is 1. The number of rotatable bonds is 2. The number of H-pyrrole nitrogens is 1. The van der Waals surface area contributed by atoms with Gasteiger partial charge in [-0.15, -0.1) is 0 Å². The molecule has 0 aliphatic carbocycles. The summed E-state index contributed by atoms with van der Waals surface area (Å²) in [5.41, 5.74) is 2.67. The number of hydrogen-bond acceptors (Lipinski definition) is 2. The monoisotopic (exact) mass is 321 g/mol. The molecule has 0 bridgehead atoms. The van der Waals surface area contributed by atoms with Gasteiger partial charge in [-0.25, -0.2) is 9.50 Å². The number of hydrogen-bond donors (Lipinski definition) is 1. The van der Waals surface area contributed by atoms with Gasteiger partial charge in [-0.3, -0.25) is 9.89 Å². The molecule has 0 saturated carbocycles. The fourth-order valence-corrected chi connectivity index (χ4v) is 2.76. The van der Waals surface area contributed by atoms with Crippen molar-refractivity contribution >= 4 is 28.8 Å². The Labute approximate surface area is 131 Å². The Hall–Kier alpha value is -1.78. The van der Waals surface area contributed by atoms with Gasteiger partial charge in [0.1, 0.15) is 0 Å². The number of fused-ring (bicyclic) bond motifs is 1. The molecule has 1 aromatic carbocycles. The van der Waals surface area contributed by atoms with Crippen molar-refractivity contribution in [2.24, 2.45) is 0 Å². The second kappa shape index (κ2) is 5.20. The zero-order valence-corrected chi connectivity index (χ0v) is 13.0. The maximum absolute atomic E-state index is 12.2. The summed E-state index contributed by atoms with van der Waals surface area (Å²) < 4.78 is 1.43. The van der Waals surface area contributed by atoms with Gasteiger partial charge in [0.25, 0.3) is 5.56 Å². The zero-order chi connectivity index (χ0) is 15.1. The van der Waals surface area contributed by atoms with Crippen molar-refractivity contribution in [3.8, 4) is 11.3 Å². The number of aromatic amines is 1. The smallest absolute Gasteiger partial charge is 0.273 e. The molecule has 2 aromatic heterocycles. The third-order valence-electron chi connectivity index (χ3n) is 3.36. The fraction of sp³-hybridized carbons (Fsp3) is 0.200. The predicted molar refractivity (Wildman–Crippen MR) is 85.4 cm³/mol. The highest BCUT2D eigenvalue weighted by Gasteiger charge is 2.14. The number of halogens is 2. The Morgan fingerprint density at radius 1 is 1.24 bits per heavy atom. The van der Waals surface area contributed by atoms with E-state index in [1.54, 1.807) is 18.2 Å². The van der Waals surface area contributed by atoms with E-state index in [-0.39, 0.29) is 11.5 Å². The molecule has 0 fully saturated rings. The van der Waals surface area contributed by atoms with Crippen molar-refractivity contribution in [2.45, 2.75) is 19.8 Å². The van der Waals surface area contributed by atoms with Crippen molar-refractivity contribution < 1.29 is 0 Å². The third-order valence-corrected chi connectivity index (χ3v) is 3.90. The molecule has 0 atom stereocenters. The first kappa shape index (κ1) is 14.2. The van der Waals surface area contributed by atoms with Crippen LogP contribution in [0.3, 0.4) is 0 Å². The summed E-state index contributed by atoms with van der Waals surface area (Å²) in [5, 5.41) is 3.95. The average Bonchev–Trinajstić information content (AvgIpc) is 2.83. The van der Waals surface area contributed by atoms with Crippen LogP contribution in [0.5, 0.6) is 0 Å². The van der Waals surface area contributed by atoms with Crippen molar-refractivity contribution in [2.75, 3.05) is 0 Å². The highest BCUT2D eigenvalue weighted by atomic mass is 35.5. The normalized spacial score (nSPS) is 11.5. The summed E-state index contributed by atoms with van der Waals surface area (Å²) in [4.78, 5) is 16.8. The van der Waals surface area contributed by atoms with E-state index in [4.69, 9.17) is 23.2 Å². The summed E-state index contributed by atoms with van der Waals surface area (Å²) in [6, 6.07) is 6.60. The minimum absolute atomic E-state index is 0.173. The molecule has 0 aliphatic heterocycles. The van der Waals surface area contributed by atoms with E-state index in [2.05, 4.69) is 23.9 Å². The molecule has 0 amide bonds. The van der Waals surface area contributed by atoms with Crippen LogP contribution in [0.25, 0.3) is 16.9 Å². The van der Waals surface area contributed by atoms with Gasteiger partial charge >= 0.3 is 0 Å². The number of aromatic nitrogens is 3. The van der Waals surface area contributed by atoms with E-state index < -0.39 is 0 Å². The first-order valence-corrected chi connectivity index (χ1v) is 7.29. The molecule has 0 unspecified atom stereocenters. The molecular formula is C15H13Cl2N3O. The third kappa shape index (κ3) is 2.45. The highest BCUT2D eigenvalue weighted by Crippen LogP contribution is 2.29. The SMILES string of the molecule is CC(C)c1c[nH]n2c(=O)cc(-c3ccc(Cl)cc3Cl)nc12. The molecule has 21 heavy (non-hydrogen) atoms. The van der Waals surface area contributed by atoms with Crippen LogP contribution in [0.1, 0.15) is 25.3 Å². The van der Waals surface area contributed by atoms with Crippen LogP contribution in [-0.2, 0) is 0 Å². The quantitative estimate of drug-likeness (QED) is 0.771. The molecule has 2 heterocycles. The van der Waals surface area contributed by atoms with Gasteiger partial charge in [-0.2, -0.15) is 0 Å². The van der Waals surface area contributed by atoms with E-state index in [9.17, 15) is 4.79 Å². The minimum atomic E-state index is -0.173. The Morgan fingerprint density at radius 3 is 2.67 bits per heavy atom. The van der Waals surface area contributed by atoms with Crippen molar-refractivity contribution in [3.05, 3.63) is 56.4 Å². The summed E-state index contributed by atoms with van der Waals surface area (Å²) in [5.74, 6) is 0.258. The van der Waals surface area contributed by atoms with Gasteiger partial charge in [0.05, 0.1) is 10.7 Å². The maximum Gasteiger partial charge on any atom is 0.273 e. The lowest BCUT2D eigenvalue weighted by molar-refractivity contribution is 0.870. The first-order chi connectivity index (χ1) is 9.97. The van der Waals surface area contributed by atoms with Crippen LogP contribution in [0.4, 0.5) is 0 Å². The molecule has 0 radical (unpaired) electrons. The zero-order valence-electron chi connectivity index (χ0n) is 11.5. The predicted octanol–water partition coefficient (Wildman–Crippen LogP) is 4.12. The van der Waals surface area contributed by atoms with Crippen LogP contribution >= 0.6 is 23.2 Å². The van der Waals surface area contributed by atoms with E-state index in [1.807, 2.05) is 6.20 Å². The van der Waals surface area contributed by atoms with Gasteiger partial charge in [0.2, 0.25) is 0 Å². The van der Waals surface area contributed by atoms with E-state index >= 15 is 0 Å². The molecule has 1 N–H and O–H groups in total. The number of nitrogens with zero attached hydrogens (tertiary/aromatic N) is 2. The van der Waals surface area contributed by atoms with Gasteiger partial charge in [-0.05, 0) is 24.1 Å². The Bertz CT molecular complexity index is 880. The van der Waals surface area contributed by atoms with E-state index in [0.29, 0.717) is 26.9 Å². The molecule has 3 rings (SSSR count). The van der Waals surface area contributed by atoms with Crippen LogP contribution < -0.4 is 5.56 Å². The second-order valence-corrected chi connectivity index (χ2v) is 5.99. The van der Waals surface area contributed by atoms with Crippen LogP contribution in [-0.4, -0.2) is 14.6 Å². The summed E-state index contributed by atoms with van der Waals surface area (Å²) in [6.45, 7) is 4.11. The molecular weight excluding hydrogens is 309 g/mol. The molecule has 4 nitrogen and oxygen atoms in total. The molecule has 0 saturated heterocycles. The molecule has 6 heteroatoms. The lowest BCUT2D eigenvalue weighted by Gasteiger charge is -2.06. The number of benzene rings is 1. The lowest BCUT2D eigenvalue weighted by atomic mass is 10.1. The Balaban J connectivity index is 2.28. The second-order valence-electron chi connectivity index (χ2n) is 5.15. The minimum Gasteiger partial charge on any atom is -0.297 e. The van der Waals surface area contributed by atoms with Gasteiger partial charge in [0, 0.05) is 28.4 Å². The van der Waals surface area contributed by atoms with E-state index in [0.717, 1.165) is 5.56 Å². The fourth-order valence-electron chi connectivity index (χ4n) is 2.26. The largest absolute Gasteiger partial charge is 0.297 e. The van der Waals surface area contributed by atoms with Crippen molar-refractivity contribution in [1.29, 1.82) is 0 Å². The van der Waals surface area contributed by atoms with Crippen molar-refractivity contribution in [3.63, 3.8) is 0 Å². The lowest BCUT2D eigenvalue weighted by Crippen LogP contribution is -2.14. The standard InChI is InChI=1S/C15H13Cl2N3O/c1-8(2)11-7-18-20-14(21)6-13(19-15(11)20)10-4-3-9(16)5-12(10)17/h3-8,18H,1-2H3. The van der Waals surface area contributed by atoms with Crippen molar-refractivity contribution in [1.82, 2.24) is 14.6 Å². The van der Waals surface area contributed by atoms with Crippen LogP contribution in [0.2, 0.25) is 10.0 Å². The van der Waals surface area contributed by atoms with E-state index in [1.165, 1.54) is 10.6 Å². The summed E-state index contributed by atoms with van der Waals surface area (Å²) >= 11 is 12.1. The Morgan fingerprint density at radius 2 is 2.00 bits per heavy atom. The topological polar surface area (TPSA) is 50.2 Å². The van der Waals surface area contributed by atoms with Gasteiger partial charge in [0.15, 0.2) is 5.65 Å². The first-order valence-electron chi connectivity index (χ1n) is 6.54.